The third-order valence-corrected chi connectivity index (χ3v) is 1.30. The monoisotopic (exact) mass is 170 g/mol. The predicted molar refractivity (Wildman–Crippen MR) is 41.0 cm³/mol. The fraction of sp³-hybridized carbons (Fsp3) is 0.429. The van der Waals surface area contributed by atoms with Gasteiger partial charge in [0.15, 0.2) is 12.4 Å². The van der Waals surface area contributed by atoms with Crippen LogP contribution in [-0.2, 0) is 11.3 Å². The van der Waals surface area contributed by atoms with Crippen LogP contribution in [0, 0.1) is 0 Å². The molecule has 0 amide bonds. The Kier molecular flexibility index (Phi) is 2.68. The van der Waals surface area contributed by atoms with E-state index in [1.165, 1.54) is 6.20 Å². The lowest BCUT2D eigenvalue weighted by molar-refractivity contribution is -0.139. The molecular formula is C7H10N2O3. The first kappa shape index (κ1) is 8.58. The predicted octanol–water partition coefficient (Wildman–Crippen LogP) is 0.366. The van der Waals surface area contributed by atoms with Gasteiger partial charge in [-0.15, -0.1) is 0 Å². The third-order valence-electron chi connectivity index (χ3n) is 1.30. The Morgan fingerprint density at radius 2 is 2.58 bits per heavy atom. The average Bonchev–Trinajstić information content (AvgIpc) is 2.48. The van der Waals surface area contributed by atoms with E-state index >= 15 is 0 Å². The van der Waals surface area contributed by atoms with Gasteiger partial charge in [-0.25, -0.2) is 4.79 Å². The van der Waals surface area contributed by atoms with Gasteiger partial charge in [0.05, 0.1) is 12.4 Å². The van der Waals surface area contributed by atoms with Crippen molar-refractivity contribution in [3.05, 3.63) is 12.4 Å². The van der Waals surface area contributed by atoms with Crippen molar-refractivity contribution in [2.24, 2.45) is 0 Å². The molecule has 0 atom stereocenters. The van der Waals surface area contributed by atoms with E-state index in [0.29, 0.717) is 5.75 Å². The number of carboxylic acids is 1. The minimum Gasteiger partial charge on any atom is -0.479 e. The highest BCUT2D eigenvalue weighted by molar-refractivity contribution is 5.68. The van der Waals surface area contributed by atoms with Gasteiger partial charge in [-0.05, 0) is 6.92 Å². The van der Waals surface area contributed by atoms with Crippen LogP contribution < -0.4 is 4.74 Å². The van der Waals surface area contributed by atoms with E-state index in [9.17, 15) is 4.79 Å². The van der Waals surface area contributed by atoms with Crippen LogP contribution in [0.4, 0.5) is 0 Å². The molecule has 0 saturated carbocycles. The summed E-state index contributed by atoms with van der Waals surface area (Å²) in [5.41, 5.74) is 0. The van der Waals surface area contributed by atoms with Crippen LogP contribution in [0.3, 0.4) is 0 Å². The SMILES string of the molecule is CCn1cc(OCC(=O)O)cn1. The van der Waals surface area contributed by atoms with Gasteiger partial charge >= 0.3 is 5.97 Å². The zero-order valence-corrected chi connectivity index (χ0v) is 6.73. The minimum absolute atomic E-state index is 0.324. The Morgan fingerprint density at radius 3 is 3.08 bits per heavy atom. The second-order valence-electron chi connectivity index (χ2n) is 2.21. The van der Waals surface area contributed by atoms with E-state index in [-0.39, 0.29) is 6.61 Å². The maximum atomic E-state index is 10.1. The molecule has 1 heterocycles. The molecule has 66 valence electrons. The Bertz CT molecular complexity index is 269. The van der Waals surface area contributed by atoms with E-state index in [1.54, 1.807) is 10.9 Å². The van der Waals surface area contributed by atoms with Crippen molar-refractivity contribution in [2.45, 2.75) is 13.5 Å². The van der Waals surface area contributed by atoms with Gasteiger partial charge in [0, 0.05) is 6.54 Å². The summed E-state index contributed by atoms with van der Waals surface area (Å²) < 4.78 is 6.53. The van der Waals surface area contributed by atoms with Crippen molar-refractivity contribution >= 4 is 5.97 Å². The maximum Gasteiger partial charge on any atom is 0.341 e. The summed E-state index contributed by atoms with van der Waals surface area (Å²) in [6.07, 6.45) is 3.15. The summed E-state index contributed by atoms with van der Waals surface area (Å²) in [6.45, 7) is 2.36. The number of hydrogen-bond donors (Lipinski definition) is 1. The van der Waals surface area contributed by atoms with Gasteiger partial charge in [0.2, 0.25) is 0 Å². The summed E-state index contributed by atoms with van der Waals surface area (Å²) in [4.78, 5) is 10.1. The quantitative estimate of drug-likeness (QED) is 0.708. The number of ether oxygens (including phenoxy) is 1. The van der Waals surface area contributed by atoms with Crippen molar-refractivity contribution in [1.29, 1.82) is 0 Å². The van der Waals surface area contributed by atoms with Crippen molar-refractivity contribution in [1.82, 2.24) is 9.78 Å². The molecule has 5 nitrogen and oxygen atoms in total. The van der Waals surface area contributed by atoms with E-state index < -0.39 is 5.97 Å². The molecule has 0 unspecified atom stereocenters. The van der Waals surface area contributed by atoms with E-state index in [1.807, 2.05) is 6.92 Å². The van der Waals surface area contributed by atoms with Gasteiger partial charge in [0.25, 0.3) is 0 Å². The fourth-order valence-corrected chi connectivity index (χ4v) is 0.737. The van der Waals surface area contributed by atoms with Crippen LogP contribution in [0.1, 0.15) is 6.92 Å². The molecule has 5 heteroatoms. The molecule has 0 saturated heterocycles. The van der Waals surface area contributed by atoms with Crippen LogP contribution in [0.2, 0.25) is 0 Å². The third kappa shape index (κ3) is 2.26. The highest BCUT2D eigenvalue weighted by Crippen LogP contribution is 2.07. The van der Waals surface area contributed by atoms with Crippen molar-refractivity contribution in [3.8, 4) is 5.75 Å². The number of hydrogen-bond acceptors (Lipinski definition) is 3. The van der Waals surface area contributed by atoms with Crippen molar-refractivity contribution in [3.63, 3.8) is 0 Å². The number of carboxylic acid groups (broad SMARTS) is 1. The molecular weight excluding hydrogens is 160 g/mol. The number of rotatable bonds is 4. The molecule has 1 rings (SSSR count). The lowest BCUT2D eigenvalue weighted by atomic mass is 10.6. The smallest absolute Gasteiger partial charge is 0.341 e. The minimum atomic E-state index is -0.987. The zero-order chi connectivity index (χ0) is 8.97. The first-order valence-corrected chi connectivity index (χ1v) is 3.59. The van der Waals surface area contributed by atoms with Gasteiger partial charge in [-0.1, -0.05) is 0 Å². The standard InChI is InChI=1S/C7H10N2O3/c1-2-9-4-6(3-8-9)12-5-7(10)11/h3-4H,2,5H2,1H3,(H,10,11). The molecule has 1 N–H and O–H groups in total. The maximum absolute atomic E-state index is 10.1. The molecule has 0 aromatic carbocycles. The van der Waals surface area contributed by atoms with Gasteiger partial charge < -0.3 is 9.84 Å². The van der Waals surface area contributed by atoms with Crippen LogP contribution in [0.25, 0.3) is 0 Å². The largest absolute Gasteiger partial charge is 0.479 e. The topological polar surface area (TPSA) is 64.3 Å². The Balaban J connectivity index is 2.47. The molecule has 0 radical (unpaired) electrons. The number of carbonyl (C=O) groups is 1. The lowest BCUT2D eigenvalue weighted by Crippen LogP contribution is -2.08. The molecule has 0 aliphatic carbocycles. The highest BCUT2D eigenvalue weighted by atomic mass is 16.5. The Labute approximate surface area is 69.6 Å². The lowest BCUT2D eigenvalue weighted by Gasteiger charge is -1.96. The molecule has 0 aliphatic heterocycles. The summed E-state index contributed by atoms with van der Waals surface area (Å²) in [7, 11) is 0. The summed E-state index contributed by atoms with van der Waals surface area (Å²) >= 11 is 0. The first-order chi connectivity index (χ1) is 5.72. The van der Waals surface area contributed by atoms with Crippen molar-refractivity contribution < 1.29 is 14.6 Å². The Hall–Kier alpha value is -1.52. The van der Waals surface area contributed by atoms with Gasteiger partial charge in [-0.2, -0.15) is 5.10 Å². The Morgan fingerprint density at radius 1 is 1.83 bits per heavy atom. The molecule has 0 bridgehead atoms. The molecule has 1 aromatic heterocycles. The van der Waals surface area contributed by atoms with Crippen molar-refractivity contribution in [2.75, 3.05) is 6.61 Å². The second kappa shape index (κ2) is 3.75. The van der Waals surface area contributed by atoms with E-state index in [0.717, 1.165) is 6.54 Å². The first-order valence-electron chi connectivity index (χ1n) is 3.59. The highest BCUT2D eigenvalue weighted by Gasteiger charge is 2.00. The molecule has 12 heavy (non-hydrogen) atoms. The number of aliphatic carboxylic acids is 1. The molecule has 0 fully saturated rings. The summed E-state index contributed by atoms with van der Waals surface area (Å²) in [6, 6.07) is 0. The number of aromatic nitrogens is 2. The van der Waals surface area contributed by atoms with Gasteiger partial charge in [-0.3, -0.25) is 4.68 Å². The van der Waals surface area contributed by atoms with Crippen LogP contribution in [0.5, 0.6) is 5.75 Å². The van der Waals surface area contributed by atoms with Gasteiger partial charge in [0.1, 0.15) is 0 Å². The van der Waals surface area contributed by atoms with Crippen LogP contribution in [-0.4, -0.2) is 27.5 Å². The second-order valence-corrected chi connectivity index (χ2v) is 2.21. The van der Waals surface area contributed by atoms with Crippen LogP contribution >= 0.6 is 0 Å². The molecule has 0 aliphatic rings. The molecule has 1 aromatic rings. The van der Waals surface area contributed by atoms with E-state index in [4.69, 9.17) is 9.84 Å². The number of nitrogens with zero attached hydrogens (tertiary/aromatic N) is 2. The molecule has 0 spiro atoms. The van der Waals surface area contributed by atoms with Crippen LogP contribution in [0.15, 0.2) is 12.4 Å². The average molecular weight is 170 g/mol. The number of aryl methyl sites for hydroxylation is 1. The summed E-state index contributed by atoms with van der Waals surface area (Å²) in [5.74, 6) is -0.501. The normalized spacial score (nSPS) is 9.75. The van der Waals surface area contributed by atoms with E-state index in [2.05, 4.69) is 5.10 Å². The fourth-order valence-electron chi connectivity index (χ4n) is 0.737. The summed E-state index contributed by atoms with van der Waals surface area (Å²) in [5, 5.41) is 12.2. The zero-order valence-electron chi connectivity index (χ0n) is 6.73.